The summed E-state index contributed by atoms with van der Waals surface area (Å²) in [6, 6.07) is 1.20. The number of halogens is 1. The van der Waals surface area contributed by atoms with Crippen LogP contribution in [0.25, 0.3) is 11.0 Å². The van der Waals surface area contributed by atoms with Crippen molar-refractivity contribution in [2.24, 2.45) is 0 Å². The van der Waals surface area contributed by atoms with Gasteiger partial charge in [-0.3, -0.25) is 0 Å². The van der Waals surface area contributed by atoms with Crippen molar-refractivity contribution in [3.05, 3.63) is 23.5 Å². The van der Waals surface area contributed by atoms with E-state index in [4.69, 9.17) is 11.6 Å². The third-order valence-corrected chi connectivity index (χ3v) is 5.90. The Bertz CT molecular complexity index is 743. The van der Waals surface area contributed by atoms with E-state index in [0.717, 1.165) is 6.42 Å². The van der Waals surface area contributed by atoms with E-state index in [1.807, 2.05) is 0 Å². The van der Waals surface area contributed by atoms with Gasteiger partial charge in [0.2, 0.25) is 10.0 Å². The van der Waals surface area contributed by atoms with E-state index in [9.17, 15) is 13.5 Å². The Morgan fingerprint density at radius 3 is 3.10 bits per heavy atom. The number of hydrogen-bond acceptors (Lipinski definition) is 4. The average Bonchev–Trinajstić information content (AvgIpc) is 3.06. The first-order valence-electron chi connectivity index (χ1n) is 6.30. The minimum atomic E-state index is -3.69. The maximum atomic E-state index is 12.7. The first-order chi connectivity index (χ1) is 9.55. The van der Waals surface area contributed by atoms with Gasteiger partial charge >= 0.3 is 0 Å². The van der Waals surface area contributed by atoms with Crippen molar-refractivity contribution in [3.8, 4) is 0 Å². The highest BCUT2D eigenvalue weighted by Crippen LogP contribution is 2.33. The van der Waals surface area contributed by atoms with Crippen molar-refractivity contribution in [1.82, 2.24) is 14.3 Å². The predicted octanol–water partition coefficient (Wildman–Crippen LogP) is 1.36. The Morgan fingerprint density at radius 2 is 2.35 bits per heavy atom. The Morgan fingerprint density at radius 1 is 1.55 bits per heavy atom. The Balaban J connectivity index is 2.15. The third-order valence-electron chi connectivity index (χ3n) is 3.61. The second kappa shape index (κ2) is 5.00. The highest BCUT2D eigenvalue weighted by atomic mass is 35.5. The zero-order valence-electron chi connectivity index (χ0n) is 10.6. The van der Waals surface area contributed by atoms with Gasteiger partial charge in [-0.25, -0.2) is 13.4 Å². The van der Waals surface area contributed by atoms with Crippen LogP contribution < -0.4 is 0 Å². The Hall–Kier alpha value is -1.15. The van der Waals surface area contributed by atoms with Crippen molar-refractivity contribution < 1.29 is 13.5 Å². The van der Waals surface area contributed by atoms with Crippen molar-refractivity contribution in [3.63, 3.8) is 0 Å². The van der Waals surface area contributed by atoms with Gasteiger partial charge in [-0.1, -0.05) is 11.6 Å². The van der Waals surface area contributed by atoms with Gasteiger partial charge in [0.1, 0.15) is 10.5 Å². The maximum absolute atomic E-state index is 12.7. The molecule has 1 aliphatic rings. The molecule has 1 unspecified atom stereocenters. The summed E-state index contributed by atoms with van der Waals surface area (Å²) in [5, 5.41) is 10.1. The van der Waals surface area contributed by atoms with Crippen LogP contribution in [-0.4, -0.2) is 47.0 Å². The number of aliphatic hydroxyl groups excluding tert-OH is 1. The zero-order chi connectivity index (χ0) is 14.3. The van der Waals surface area contributed by atoms with E-state index < -0.39 is 10.0 Å². The number of nitrogens with zero attached hydrogens (tertiary/aromatic N) is 2. The molecule has 3 heterocycles. The number of nitrogens with one attached hydrogen (secondary N) is 1. The van der Waals surface area contributed by atoms with Crippen LogP contribution in [0.15, 0.2) is 23.4 Å². The molecule has 0 radical (unpaired) electrons. The van der Waals surface area contributed by atoms with Crippen molar-refractivity contribution in [1.29, 1.82) is 0 Å². The van der Waals surface area contributed by atoms with Gasteiger partial charge in [-0.05, 0) is 18.9 Å². The number of aliphatic hydroxyl groups is 1. The van der Waals surface area contributed by atoms with Gasteiger partial charge in [0.25, 0.3) is 0 Å². The van der Waals surface area contributed by atoms with Gasteiger partial charge in [-0.2, -0.15) is 4.31 Å². The summed E-state index contributed by atoms with van der Waals surface area (Å²) in [5.41, 5.74) is 0.441. The quantitative estimate of drug-likeness (QED) is 0.895. The molecule has 108 valence electrons. The van der Waals surface area contributed by atoms with E-state index >= 15 is 0 Å². The van der Waals surface area contributed by atoms with Crippen LogP contribution in [0.2, 0.25) is 5.02 Å². The molecule has 0 saturated carbocycles. The molecule has 1 fully saturated rings. The van der Waals surface area contributed by atoms with Gasteiger partial charge < -0.3 is 10.1 Å². The SMILES string of the molecule is O=S(=O)(c1c[nH]c2nccc(Cl)c12)N1CCCC1CO. The number of fused-ring (bicyclic) bond motifs is 1. The molecule has 0 bridgehead atoms. The molecule has 1 saturated heterocycles. The summed E-state index contributed by atoms with van der Waals surface area (Å²) in [6.07, 6.45) is 4.35. The van der Waals surface area contributed by atoms with Crippen LogP contribution in [0.4, 0.5) is 0 Å². The van der Waals surface area contributed by atoms with Crippen LogP contribution in [-0.2, 0) is 10.0 Å². The van der Waals surface area contributed by atoms with Gasteiger partial charge in [0.05, 0.1) is 17.0 Å². The summed E-state index contributed by atoms with van der Waals surface area (Å²) >= 11 is 6.09. The minimum Gasteiger partial charge on any atom is -0.395 e. The Kier molecular flexibility index (Phi) is 3.45. The van der Waals surface area contributed by atoms with Gasteiger partial charge in [0.15, 0.2) is 0 Å². The Labute approximate surface area is 121 Å². The van der Waals surface area contributed by atoms with Gasteiger partial charge in [-0.15, -0.1) is 0 Å². The molecule has 0 spiro atoms. The number of H-pyrrole nitrogens is 1. The maximum Gasteiger partial charge on any atom is 0.245 e. The fourth-order valence-electron chi connectivity index (χ4n) is 2.63. The van der Waals surface area contributed by atoms with E-state index in [-0.39, 0.29) is 17.5 Å². The number of aromatic amines is 1. The molecule has 3 rings (SSSR count). The molecule has 2 N–H and O–H groups in total. The molecule has 2 aromatic rings. The van der Waals surface area contributed by atoms with E-state index in [2.05, 4.69) is 9.97 Å². The second-order valence-corrected chi connectivity index (χ2v) is 7.03. The van der Waals surface area contributed by atoms with E-state index in [1.165, 1.54) is 16.7 Å². The zero-order valence-corrected chi connectivity index (χ0v) is 12.2. The van der Waals surface area contributed by atoms with Crippen LogP contribution in [0.1, 0.15) is 12.8 Å². The van der Waals surface area contributed by atoms with Crippen LogP contribution in [0.5, 0.6) is 0 Å². The molecule has 1 aliphatic heterocycles. The average molecular weight is 316 g/mol. The standard InChI is InChI=1S/C12H14ClN3O3S/c13-9-3-4-14-12-11(9)10(6-15-12)20(18,19)16-5-1-2-8(16)7-17/h3-4,6,8,17H,1-2,5,7H2,(H,14,15). The number of sulfonamides is 1. The topological polar surface area (TPSA) is 86.3 Å². The molecule has 0 amide bonds. The fourth-order valence-corrected chi connectivity index (χ4v) is 4.79. The van der Waals surface area contributed by atoms with E-state index in [1.54, 1.807) is 6.07 Å². The highest BCUT2D eigenvalue weighted by Gasteiger charge is 2.36. The van der Waals surface area contributed by atoms with Crippen LogP contribution in [0, 0.1) is 0 Å². The molecular weight excluding hydrogens is 302 g/mol. The lowest BCUT2D eigenvalue weighted by molar-refractivity contribution is 0.213. The monoisotopic (exact) mass is 315 g/mol. The molecule has 6 nitrogen and oxygen atoms in total. The number of aromatic nitrogens is 2. The molecular formula is C12H14ClN3O3S. The first-order valence-corrected chi connectivity index (χ1v) is 8.12. The van der Waals surface area contributed by atoms with Crippen molar-refractivity contribution in [2.45, 2.75) is 23.8 Å². The van der Waals surface area contributed by atoms with Gasteiger partial charge in [0, 0.05) is 25.0 Å². The summed E-state index contributed by atoms with van der Waals surface area (Å²) in [6.45, 7) is 0.242. The third kappa shape index (κ3) is 2.01. The summed E-state index contributed by atoms with van der Waals surface area (Å²) < 4.78 is 26.8. The minimum absolute atomic E-state index is 0.117. The molecule has 0 aliphatic carbocycles. The lowest BCUT2D eigenvalue weighted by Crippen LogP contribution is -2.37. The smallest absolute Gasteiger partial charge is 0.245 e. The summed E-state index contributed by atoms with van der Waals surface area (Å²) in [4.78, 5) is 7.01. The lowest BCUT2D eigenvalue weighted by atomic mass is 10.2. The number of hydrogen-bond donors (Lipinski definition) is 2. The van der Waals surface area contributed by atoms with E-state index in [0.29, 0.717) is 29.0 Å². The molecule has 20 heavy (non-hydrogen) atoms. The van der Waals surface area contributed by atoms with Crippen LogP contribution in [0.3, 0.4) is 0 Å². The van der Waals surface area contributed by atoms with Crippen molar-refractivity contribution >= 4 is 32.7 Å². The second-order valence-electron chi connectivity index (χ2n) is 4.76. The molecule has 0 aromatic carbocycles. The van der Waals surface area contributed by atoms with Crippen LogP contribution >= 0.6 is 11.6 Å². The number of rotatable bonds is 3. The lowest BCUT2D eigenvalue weighted by Gasteiger charge is -2.22. The summed E-state index contributed by atoms with van der Waals surface area (Å²) in [5.74, 6) is 0. The normalized spacial score (nSPS) is 20.8. The molecule has 1 atom stereocenters. The van der Waals surface area contributed by atoms with Crippen molar-refractivity contribution in [2.75, 3.05) is 13.2 Å². The molecule has 8 heteroatoms. The highest BCUT2D eigenvalue weighted by molar-refractivity contribution is 7.89. The molecule has 2 aromatic heterocycles. The number of pyridine rings is 1. The fraction of sp³-hybridized carbons (Fsp3) is 0.417. The summed E-state index contributed by atoms with van der Waals surface area (Å²) in [7, 11) is -3.69. The largest absolute Gasteiger partial charge is 0.395 e. The predicted molar refractivity (Wildman–Crippen MR) is 75.1 cm³/mol. The first kappa shape index (κ1) is 13.8.